The predicted molar refractivity (Wildman–Crippen MR) is 113 cm³/mol. The fraction of sp³-hybridized carbons (Fsp3) is 0.762. The van der Waals surface area contributed by atoms with Crippen LogP contribution in [0.4, 0.5) is 0 Å². The summed E-state index contributed by atoms with van der Waals surface area (Å²) in [5.74, 6) is -3.71. The quantitative estimate of drug-likeness (QED) is 0.357. The van der Waals surface area contributed by atoms with Gasteiger partial charge in [-0.25, -0.2) is 0 Å². The first kappa shape index (κ1) is 23.2. The zero-order chi connectivity index (χ0) is 22.2. The number of amides is 2. The second kappa shape index (κ2) is 8.96. The molecule has 0 aromatic heterocycles. The number of likely N-dealkylation sites (tertiary alicyclic amines) is 1. The Balaban J connectivity index is 2.09. The monoisotopic (exact) mass is 486 g/mol. The number of ether oxygens (including phenoxy) is 1. The van der Waals surface area contributed by atoms with E-state index in [1.54, 1.807) is 11.0 Å². The molecule has 0 saturated carbocycles. The number of hydrogen-bond donors (Lipinski definition) is 2. The number of fused-ring (bicyclic) bond motifs is 1. The van der Waals surface area contributed by atoms with E-state index in [1.807, 2.05) is 13.8 Å². The maximum Gasteiger partial charge on any atom is 0.310 e. The van der Waals surface area contributed by atoms with Crippen molar-refractivity contribution in [3.63, 3.8) is 0 Å². The summed E-state index contributed by atoms with van der Waals surface area (Å²) in [5, 5.41) is 19.8. The van der Waals surface area contributed by atoms with Crippen molar-refractivity contribution < 1.29 is 29.3 Å². The number of carbonyl (C=O) groups excluding carboxylic acids is 2. The molecule has 3 rings (SSSR count). The molecule has 3 heterocycles. The van der Waals surface area contributed by atoms with Crippen molar-refractivity contribution in [3.8, 4) is 0 Å². The number of carboxylic acids is 1. The molecule has 9 heteroatoms. The molecule has 2 N–H and O–H groups in total. The predicted octanol–water partition coefficient (Wildman–Crippen LogP) is 1.40. The van der Waals surface area contributed by atoms with Gasteiger partial charge in [0.1, 0.15) is 11.6 Å². The first-order valence-electron chi connectivity index (χ1n) is 10.7. The lowest BCUT2D eigenvalue weighted by Gasteiger charge is -2.39. The maximum atomic E-state index is 13.8. The molecule has 7 atom stereocenters. The summed E-state index contributed by atoms with van der Waals surface area (Å²) in [6.45, 7) is 8.16. The molecule has 2 bridgehead atoms. The van der Waals surface area contributed by atoms with Crippen LogP contribution in [0.3, 0.4) is 0 Å². The van der Waals surface area contributed by atoms with E-state index >= 15 is 0 Å². The lowest BCUT2D eigenvalue weighted by Crippen LogP contribution is -2.59. The van der Waals surface area contributed by atoms with Gasteiger partial charge in [-0.15, -0.1) is 6.58 Å². The molecule has 0 radical (unpaired) electrons. The van der Waals surface area contributed by atoms with Crippen molar-refractivity contribution in [2.24, 2.45) is 11.8 Å². The Labute approximate surface area is 185 Å². The average molecular weight is 487 g/mol. The Kier molecular flexibility index (Phi) is 6.94. The van der Waals surface area contributed by atoms with Crippen LogP contribution in [0.25, 0.3) is 0 Å². The van der Waals surface area contributed by atoms with Gasteiger partial charge in [0.2, 0.25) is 11.8 Å². The average Bonchev–Trinajstić information content (AvgIpc) is 3.30. The normalized spacial score (nSPS) is 35.4. The first-order valence-corrected chi connectivity index (χ1v) is 11.6. The van der Waals surface area contributed by atoms with Crippen LogP contribution in [0.5, 0.6) is 0 Å². The number of carboxylic acid groups (broad SMARTS) is 1. The van der Waals surface area contributed by atoms with E-state index in [4.69, 9.17) is 4.74 Å². The molecule has 0 aromatic carbocycles. The Morgan fingerprint density at radius 2 is 2.17 bits per heavy atom. The van der Waals surface area contributed by atoms with Crippen LogP contribution in [-0.4, -0.2) is 86.1 Å². The van der Waals surface area contributed by atoms with Crippen molar-refractivity contribution in [3.05, 3.63) is 12.7 Å². The molecule has 2 amide bonds. The summed E-state index contributed by atoms with van der Waals surface area (Å²) in [4.78, 5) is 42.2. The first-order chi connectivity index (χ1) is 14.3. The molecule has 0 aliphatic carbocycles. The van der Waals surface area contributed by atoms with Gasteiger partial charge >= 0.3 is 5.97 Å². The largest absolute Gasteiger partial charge is 0.481 e. The summed E-state index contributed by atoms with van der Waals surface area (Å²) in [5.41, 5.74) is -1.20. The minimum Gasteiger partial charge on any atom is -0.481 e. The number of aliphatic carboxylic acids is 1. The summed E-state index contributed by atoms with van der Waals surface area (Å²) >= 11 is 3.52. The molecular weight excluding hydrogens is 456 g/mol. The van der Waals surface area contributed by atoms with Crippen molar-refractivity contribution in [2.45, 2.75) is 68.1 Å². The standard InChI is InChI=1S/C21H31BrN2O6/c1-4-7-9-23(8-5-2)19(27)17-21-10-13(22)16(30-21)14(20(28)29)15(21)18(26)24(17)12(6-3)11-25/h5,12-17,25H,2,4,6-11H2,1,3H3,(H,28,29)/t12-,13?,14+,15-,16+,17?,21?/m0/s1. The molecule has 8 nitrogen and oxygen atoms in total. The SMILES string of the molecule is C=CCN(CCCC)C(=O)C1N([C@@H](CC)CO)C(=O)[C@@H]2[C@@H](C(=O)O)[C@@H]3OC12CC3Br. The van der Waals surface area contributed by atoms with Crippen LogP contribution < -0.4 is 0 Å². The van der Waals surface area contributed by atoms with Crippen molar-refractivity contribution in [1.82, 2.24) is 9.80 Å². The van der Waals surface area contributed by atoms with Gasteiger partial charge in [-0.05, 0) is 19.3 Å². The number of alkyl halides is 1. The van der Waals surface area contributed by atoms with Gasteiger partial charge in [0.25, 0.3) is 0 Å². The van der Waals surface area contributed by atoms with E-state index in [0.717, 1.165) is 12.8 Å². The third kappa shape index (κ3) is 3.39. The van der Waals surface area contributed by atoms with Gasteiger partial charge < -0.3 is 24.7 Å². The molecule has 168 valence electrons. The van der Waals surface area contributed by atoms with E-state index < -0.39 is 47.5 Å². The van der Waals surface area contributed by atoms with Crippen LogP contribution in [0.1, 0.15) is 39.5 Å². The number of halogens is 1. The lowest BCUT2D eigenvalue weighted by atomic mass is 9.70. The Bertz CT molecular complexity index is 714. The highest BCUT2D eigenvalue weighted by atomic mass is 79.9. The van der Waals surface area contributed by atoms with Crippen LogP contribution >= 0.6 is 15.9 Å². The second-order valence-corrected chi connectivity index (χ2v) is 9.59. The van der Waals surface area contributed by atoms with Gasteiger partial charge in [0.05, 0.1) is 30.6 Å². The number of aliphatic hydroxyl groups is 1. The number of nitrogens with zero attached hydrogens (tertiary/aromatic N) is 2. The van der Waals surface area contributed by atoms with Crippen molar-refractivity contribution >= 4 is 33.7 Å². The molecule has 3 aliphatic heterocycles. The summed E-state index contributed by atoms with van der Waals surface area (Å²) in [7, 11) is 0. The van der Waals surface area contributed by atoms with Gasteiger partial charge in [0, 0.05) is 17.9 Å². The van der Waals surface area contributed by atoms with E-state index in [2.05, 4.69) is 22.5 Å². The van der Waals surface area contributed by atoms with Gasteiger partial charge in [0.15, 0.2) is 0 Å². The van der Waals surface area contributed by atoms with E-state index in [0.29, 0.717) is 25.9 Å². The van der Waals surface area contributed by atoms with Crippen LogP contribution in [-0.2, 0) is 19.1 Å². The second-order valence-electron chi connectivity index (χ2n) is 8.42. The molecular formula is C21H31BrN2O6. The minimum atomic E-state index is -1.20. The number of carbonyl (C=O) groups is 3. The Morgan fingerprint density at radius 3 is 2.70 bits per heavy atom. The minimum absolute atomic E-state index is 0.254. The fourth-order valence-corrected chi connectivity index (χ4v) is 6.35. The Hall–Kier alpha value is -1.45. The highest BCUT2D eigenvalue weighted by molar-refractivity contribution is 9.09. The molecule has 3 saturated heterocycles. The smallest absolute Gasteiger partial charge is 0.310 e. The van der Waals surface area contributed by atoms with Crippen LogP contribution in [0, 0.1) is 11.8 Å². The number of hydrogen-bond acceptors (Lipinski definition) is 5. The van der Waals surface area contributed by atoms with E-state index in [9.17, 15) is 24.6 Å². The summed E-state index contributed by atoms with van der Waals surface area (Å²) < 4.78 is 6.23. The van der Waals surface area contributed by atoms with Gasteiger partial charge in [-0.3, -0.25) is 14.4 Å². The maximum absolute atomic E-state index is 13.8. The number of aliphatic hydroxyl groups excluding tert-OH is 1. The van der Waals surface area contributed by atoms with Crippen LogP contribution in [0.15, 0.2) is 12.7 Å². The van der Waals surface area contributed by atoms with E-state index in [-0.39, 0.29) is 17.3 Å². The lowest BCUT2D eigenvalue weighted by molar-refractivity contribution is -0.153. The number of unbranched alkanes of at least 4 members (excludes halogenated alkanes) is 1. The zero-order valence-electron chi connectivity index (χ0n) is 17.5. The van der Waals surface area contributed by atoms with Gasteiger partial charge in [-0.2, -0.15) is 0 Å². The highest BCUT2D eigenvalue weighted by Gasteiger charge is 2.77. The molecule has 3 fully saturated rings. The number of rotatable bonds is 10. The third-order valence-corrected chi connectivity index (χ3v) is 7.61. The Morgan fingerprint density at radius 1 is 1.47 bits per heavy atom. The molecule has 0 aromatic rings. The van der Waals surface area contributed by atoms with E-state index in [1.165, 1.54) is 4.90 Å². The molecule has 1 spiro atoms. The fourth-order valence-electron chi connectivity index (χ4n) is 5.41. The van der Waals surface area contributed by atoms with Crippen molar-refractivity contribution in [1.29, 1.82) is 0 Å². The topological polar surface area (TPSA) is 107 Å². The molecule has 3 aliphatic rings. The van der Waals surface area contributed by atoms with Gasteiger partial charge in [-0.1, -0.05) is 42.3 Å². The highest BCUT2D eigenvalue weighted by Crippen LogP contribution is 2.60. The summed E-state index contributed by atoms with van der Waals surface area (Å²) in [6, 6.07) is -1.53. The summed E-state index contributed by atoms with van der Waals surface area (Å²) in [6.07, 6.45) is 3.52. The third-order valence-electron chi connectivity index (χ3n) is 6.76. The molecule has 3 unspecified atom stereocenters. The zero-order valence-corrected chi connectivity index (χ0v) is 19.1. The van der Waals surface area contributed by atoms with Crippen molar-refractivity contribution in [2.75, 3.05) is 19.7 Å². The van der Waals surface area contributed by atoms with Crippen LogP contribution in [0.2, 0.25) is 0 Å². The molecule has 30 heavy (non-hydrogen) atoms.